The molecule has 136 valence electrons. The van der Waals surface area contributed by atoms with Gasteiger partial charge in [0, 0.05) is 12.2 Å². The summed E-state index contributed by atoms with van der Waals surface area (Å²) in [5.74, 6) is 0.841. The highest BCUT2D eigenvalue weighted by Gasteiger charge is 2.32. The standard InChI is InChI=1S/C23H22N2O2/c1-16-7-11-18(12-8-16)22-24-21-6-4-3-5-20(21)23(26)25(22)15-17-9-13-19(27-2)14-10-17/h3-14,22,24H,15H2,1-2H3/t22-/m0/s1. The van der Waals surface area contributed by atoms with E-state index in [4.69, 9.17) is 4.74 Å². The van der Waals surface area contributed by atoms with Crippen LogP contribution in [0, 0.1) is 6.92 Å². The molecular formula is C23H22N2O2. The van der Waals surface area contributed by atoms with Gasteiger partial charge in [0.2, 0.25) is 0 Å². The second-order valence-electron chi connectivity index (χ2n) is 6.78. The molecule has 0 unspecified atom stereocenters. The van der Waals surface area contributed by atoms with Crippen molar-refractivity contribution >= 4 is 11.6 Å². The van der Waals surface area contributed by atoms with E-state index in [0.717, 1.165) is 22.6 Å². The largest absolute Gasteiger partial charge is 0.497 e. The van der Waals surface area contributed by atoms with E-state index in [-0.39, 0.29) is 12.1 Å². The molecule has 1 N–H and O–H groups in total. The topological polar surface area (TPSA) is 41.6 Å². The normalized spacial score (nSPS) is 15.9. The predicted molar refractivity (Wildman–Crippen MR) is 107 cm³/mol. The molecule has 1 amide bonds. The minimum atomic E-state index is -0.213. The first-order valence-electron chi connectivity index (χ1n) is 9.02. The van der Waals surface area contributed by atoms with E-state index >= 15 is 0 Å². The first-order chi connectivity index (χ1) is 13.2. The van der Waals surface area contributed by atoms with E-state index < -0.39 is 0 Å². The molecule has 1 aliphatic rings. The van der Waals surface area contributed by atoms with Gasteiger partial charge >= 0.3 is 0 Å². The molecule has 4 nitrogen and oxygen atoms in total. The molecule has 27 heavy (non-hydrogen) atoms. The number of aryl methyl sites for hydroxylation is 1. The van der Waals surface area contributed by atoms with Crippen LogP contribution < -0.4 is 10.1 Å². The Labute approximate surface area is 159 Å². The minimum absolute atomic E-state index is 0.0331. The number of nitrogens with one attached hydrogen (secondary N) is 1. The van der Waals surface area contributed by atoms with Crippen LogP contribution in [0.1, 0.15) is 33.2 Å². The maximum absolute atomic E-state index is 13.3. The van der Waals surface area contributed by atoms with E-state index in [1.807, 2.05) is 53.4 Å². The number of hydrogen-bond acceptors (Lipinski definition) is 3. The number of benzene rings is 3. The SMILES string of the molecule is COc1ccc(CN2C(=O)c3ccccc3N[C@@H]2c2ccc(C)cc2)cc1. The van der Waals surface area contributed by atoms with E-state index in [1.54, 1.807) is 7.11 Å². The van der Waals surface area contributed by atoms with Crippen molar-refractivity contribution < 1.29 is 9.53 Å². The lowest BCUT2D eigenvalue weighted by Gasteiger charge is -2.38. The van der Waals surface area contributed by atoms with Gasteiger partial charge in [0.15, 0.2) is 0 Å². The second-order valence-corrected chi connectivity index (χ2v) is 6.78. The third-order valence-corrected chi connectivity index (χ3v) is 4.93. The van der Waals surface area contributed by atoms with Gasteiger partial charge in [0.1, 0.15) is 11.9 Å². The number of nitrogens with zero attached hydrogens (tertiary/aromatic N) is 1. The Morgan fingerprint density at radius 3 is 2.37 bits per heavy atom. The monoisotopic (exact) mass is 358 g/mol. The Morgan fingerprint density at radius 2 is 1.67 bits per heavy atom. The number of amides is 1. The molecule has 1 atom stereocenters. The fourth-order valence-corrected chi connectivity index (χ4v) is 3.40. The van der Waals surface area contributed by atoms with Crippen molar-refractivity contribution in [2.24, 2.45) is 0 Å². The van der Waals surface area contributed by atoms with Gasteiger partial charge in [-0.15, -0.1) is 0 Å². The number of para-hydroxylation sites is 1. The summed E-state index contributed by atoms with van der Waals surface area (Å²) in [5, 5.41) is 3.54. The lowest BCUT2D eigenvalue weighted by atomic mass is 10.0. The van der Waals surface area contributed by atoms with Gasteiger partial charge in [-0.05, 0) is 42.3 Å². The highest BCUT2D eigenvalue weighted by Crippen LogP contribution is 2.34. The molecule has 4 rings (SSSR count). The summed E-state index contributed by atoms with van der Waals surface area (Å²) in [6.45, 7) is 2.58. The third-order valence-electron chi connectivity index (χ3n) is 4.93. The van der Waals surface area contributed by atoms with E-state index in [1.165, 1.54) is 5.56 Å². The summed E-state index contributed by atoms with van der Waals surface area (Å²) in [6, 6.07) is 23.8. The zero-order valence-electron chi connectivity index (χ0n) is 15.5. The van der Waals surface area contributed by atoms with Crippen LogP contribution in [-0.4, -0.2) is 17.9 Å². The van der Waals surface area contributed by atoms with Gasteiger partial charge in [-0.1, -0.05) is 54.1 Å². The third kappa shape index (κ3) is 3.38. The number of rotatable bonds is 4. The van der Waals surface area contributed by atoms with Crippen molar-refractivity contribution in [3.05, 3.63) is 95.1 Å². The van der Waals surface area contributed by atoms with Crippen molar-refractivity contribution in [1.82, 2.24) is 4.90 Å². The summed E-state index contributed by atoms with van der Waals surface area (Å²) >= 11 is 0. The van der Waals surface area contributed by atoms with Crippen molar-refractivity contribution in [1.29, 1.82) is 0 Å². The number of ether oxygens (including phenoxy) is 1. The van der Waals surface area contributed by atoms with Gasteiger partial charge in [-0.3, -0.25) is 4.79 Å². The number of carbonyl (C=O) groups excluding carboxylic acids is 1. The Kier molecular flexibility index (Phi) is 4.55. The fourth-order valence-electron chi connectivity index (χ4n) is 3.40. The Bertz CT molecular complexity index is 949. The van der Waals surface area contributed by atoms with Gasteiger partial charge in [-0.25, -0.2) is 0 Å². The summed E-state index contributed by atoms with van der Waals surface area (Å²) in [7, 11) is 1.65. The molecule has 4 heteroatoms. The molecular weight excluding hydrogens is 336 g/mol. The molecule has 0 spiro atoms. The van der Waals surface area contributed by atoms with Crippen molar-refractivity contribution in [3.63, 3.8) is 0 Å². The summed E-state index contributed by atoms with van der Waals surface area (Å²) < 4.78 is 5.24. The average Bonchev–Trinajstić information content (AvgIpc) is 2.71. The average molecular weight is 358 g/mol. The first-order valence-corrected chi connectivity index (χ1v) is 9.02. The molecule has 0 fully saturated rings. The zero-order valence-corrected chi connectivity index (χ0v) is 15.5. The Balaban J connectivity index is 1.71. The van der Waals surface area contributed by atoms with Crippen LogP contribution in [0.3, 0.4) is 0 Å². The summed E-state index contributed by atoms with van der Waals surface area (Å²) in [5.41, 5.74) is 4.90. The molecule has 3 aromatic carbocycles. The van der Waals surface area contributed by atoms with Crippen molar-refractivity contribution in [3.8, 4) is 5.75 Å². The molecule has 1 aliphatic heterocycles. The zero-order chi connectivity index (χ0) is 18.8. The number of anilines is 1. The molecule has 0 aromatic heterocycles. The number of fused-ring (bicyclic) bond motifs is 1. The number of carbonyl (C=O) groups is 1. The minimum Gasteiger partial charge on any atom is -0.497 e. The van der Waals surface area contributed by atoms with Gasteiger partial charge in [-0.2, -0.15) is 0 Å². The quantitative estimate of drug-likeness (QED) is 0.730. The van der Waals surface area contributed by atoms with Crippen LogP contribution in [0.2, 0.25) is 0 Å². The van der Waals surface area contributed by atoms with E-state index in [2.05, 4.69) is 36.5 Å². The summed E-state index contributed by atoms with van der Waals surface area (Å²) in [4.78, 5) is 15.1. The molecule has 1 heterocycles. The highest BCUT2D eigenvalue weighted by atomic mass is 16.5. The van der Waals surface area contributed by atoms with Crippen LogP contribution in [0.15, 0.2) is 72.8 Å². The van der Waals surface area contributed by atoms with E-state index in [0.29, 0.717) is 12.1 Å². The van der Waals surface area contributed by atoms with Crippen molar-refractivity contribution in [2.45, 2.75) is 19.6 Å². The maximum atomic E-state index is 13.3. The molecule has 0 aliphatic carbocycles. The lowest BCUT2D eigenvalue weighted by Crippen LogP contribution is -2.42. The smallest absolute Gasteiger partial charge is 0.258 e. The van der Waals surface area contributed by atoms with Crippen LogP contribution in [0.5, 0.6) is 5.75 Å². The molecule has 0 saturated carbocycles. The van der Waals surface area contributed by atoms with Gasteiger partial charge in [0.25, 0.3) is 5.91 Å². The number of hydrogen-bond donors (Lipinski definition) is 1. The van der Waals surface area contributed by atoms with Gasteiger partial charge < -0.3 is 15.0 Å². The number of methoxy groups -OCH3 is 1. The molecule has 0 radical (unpaired) electrons. The molecule has 3 aromatic rings. The van der Waals surface area contributed by atoms with Crippen LogP contribution in [0.25, 0.3) is 0 Å². The second kappa shape index (κ2) is 7.16. The first kappa shape index (κ1) is 17.2. The Morgan fingerprint density at radius 1 is 0.963 bits per heavy atom. The molecule has 0 saturated heterocycles. The summed E-state index contributed by atoms with van der Waals surface area (Å²) in [6.07, 6.45) is -0.213. The molecule has 0 bridgehead atoms. The highest BCUT2D eigenvalue weighted by molar-refractivity contribution is 6.01. The van der Waals surface area contributed by atoms with Crippen molar-refractivity contribution in [2.75, 3.05) is 12.4 Å². The lowest BCUT2D eigenvalue weighted by molar-refractivity contribution is 0.0666. The van der Waals surface area contributed by atoms with Gasteiger partial charge in [0.05, 0.1) is 12.7 Å². The predicted octanol–water partition coefficient (Wildman–Crippen LogP) is 4.77. The maximum Gasteiger partial charge on any atom is 0.258 e. The van der Waals surface area contributed by atoms with Crippen LogP contribution in [0.4, 0.5) is 5.69 Å². The van der Waals surface area contributed by atoms with E-state index in [9.17, 15) is 4.79 Å². The Hall–Kier alpha value is -3.27. The van der Waals surface area contributed by atoms with Crippen LogP contribution >= 0.6 is 0 Å². The fraction of sp³-hybridized carbons (Fsp3) is 0.174. The van der Waals surface area contributed by atoms with Crippen LogP contribution in [-0.2, 0) is 6.54 Å².